The summed E-state index contributed by atoms with van der Waals surface area (Å²) in [6.07, 6.45) is 3.23. The monoisotopic (exact) mass is 359 g/mol. The van der Waals surface area contributed by atoms with Crippen LogP contribution in [-0.4, -0.2) is 51.5 Å². The number of benzene rings is 1. The molecule has 9 nitrogen and oxygen atoms in total. The first-order valence-corrected chi connectivity index (χ1v) is 8.03. The van der Waals surface area contributed by atoms with Crippen LogP contribution < -0.4 is 16.4 Å². The Labute approximate surface area is 150 Å². The maximum atomic E-state index is 12.6. The summed E-state index contributed by atoms with van der Waals surface area (Å²) in [5.41, 5.74) is 6.68. The minimum atomic E-state index is -1.16. The number of carboxylic acids is 1. The van der Waals surface area contributed by atoms with Crippen LogP contribution in [0.15, 0.2) is 42.9 Å². The Bertz CT molecular complexity index is 733. The Kier molecular flexibility index (Phi) is 6.86. The van der Waals surface area contributed by atoms with E-state index >= 15 is 0 Å². The molecule has 0 spiro atoms. The molecular formula is C17H21N5O4. The number of carbonyl (C=O) groups excluding carboxylic acids is 2. The Morgan fingerprint density at radius 1 is 1.12 bits per heavy atom. The minimum absolute atomic E-state index is 0.128. The van der Waals surface area contributed by atoms with Crippen molar-refractivity contribution in [2.24, 2.45) is 5.73 Å². The third-order valence-electron chi connectivity index (χ3n) is 3.71. The van der Waals surface area contributed by atoms with Crippen molar-refractivity contribution < 1.29 is 19.5 Å². The lowest BCUT2D eigenvalue weighted by Crippen LogP contribution is -2.54. The summed E-state index contributed by atoms with van der Waals surface area (Å²) >= 11 is 0. The molecule has 0 aliphatic rings. The van der Waals surface area contributed by atoms with Gasteiger partial charge in [-0.25, -0.2) is 9.78 Å². The van der Waals surface area contributed by atoms with E-state index in [0.717, 1.165) is 5.56 Å². The Morgan fingerprint density at radius 2 is 1.85 bits per heavy atom. The standard InChI is InChI=1S/C17H21N5O4/c18-8-15(23)21-13(7-12-9-19-10-20-12)16(24)22-14(17(25)26)6-11-4-2-1-3-5-11/h1-5,9-10,13-14H,6-8,18H2,(H,19,20)(H,21,23)(H,22,24)(H,25,26)/t13-,14-/m0/s1. The number of nitrogens with two attached hydrogens (primary N) is 1. The highest BCUT2D eigenvalue weighted by Gasteiger charge is 2.27. The van der Waals surface area contributed by atoms with Crippen molar-refractivity contribution in [2.45, 2.75) is 24.9 Å². The van der Waals surface area contributed by atoms with E-state index in [0.29, 0.717) is 5.69 Å². The molecular weight excluding hydrogens is 338 g/mol. The minimum Gasteiger partial charge on any atom is -0.480 e. The number of aromatic nitrogens is 2. The van der Waals surface area contributed by atoms with Gasteiger partial charge < -0.3 is 26.5 Å². The van der Waals surface area contributed by atoms with Crippen LogP contribution in [0.5, 0.6) is 0 Å². The van der Waals surface area contributed by atoms with E-state index in [1.807, 2.05) is 6.07 Å². The van der Waals surface area contributed by atoms with Crippen LogP contribution in [0.3, 0.4) is 0 Å². The zero-order valence-corrected chi connectivity index (χ0v) is 14.0. The van der Waals surface area contributed by atoms with E-state index < -0.39 is 29.9 Å². The van der Waals surface area contributed by atoms with Crippen molar-refractivity contribution in [3.63, 3.8) is 0 Å². The maximum Gasteiger partial charge on any atom is 0.326 e. The summed E-state index contributed by atoms with van der Waals surface area (Å²) in [5.74, 6) is -2.28. The lowest BCUT2D eigenvalue weighted by Gasteiger charge is -2.21. The van der Waals surface area contributed by atoms with Gasteiger partial charge in [-0.3, -0.25) is 9.59 Å². The summed E-state index contributed by atoms with van der Waals surface area (Å²) in [6, 6.07) is 6.87. The molecule has 9 heteroatoms. The lowest BCUT2D eigenvalue weighted by atomic mass is 10.0. The summed E-state index contributed by atoms with van der Waals surface area (Å²) < 4.78 is 0. The van der Waals surface area contributed by atoms with Crippen LogP contribution in [0, 0.1) is 0 Å². The molecule has 1 aromatic heterocycles. The van der Waals surface area contributed by atoms with E-state index in [1.54, 1.807) is 24.3 Å². The van der Waals surface area contributed by atoms with E-state index in [2.05, 4.69) is 20.6 Å². The van der Waals surface area contributed by atoms with Crippen LogP contribution in [0.25, 0.3) is 0 Å². The number of hydrogen-bond donors (Lipinski definition) is 5. The number of rotatable bonds is 9. The number of carboxylic acid groups (broad SMARTS) is 1. The Morgan fingerprint density at radius 3 is 2.42 bits per heavy atom. The molecule has 0 saturated carbocycles. The van der Waals surface area contributed by atoms with Crippen LogP contribution >= 0.6 is 0 Å². The highest BCUT2D eigenvalue weighted by molar-refractivity contribution is 5.91. The van der Waals surface area contributed by atoms with Crippen LogP contribution in [-0.2, 0) is 27.2 Å². The van der Waals surface area contributed by atoms with E-state index in [-0.39, 0.29) is 19.4 Å². The van der Waals surface area contributed by atoms with E-state index in [4.69, 9.17) is 5.73 Å². The van der Waals surface area contributed by atoms with Crippen molar-refractivity contribution in [3.8, 4) is 0 Å². The summed E-state index contributed by atoms with van der Waals surface area (Å²) in [5, 5.41) is 14.4. The first-order chi connectivity index (χ1) is 12.5. The SMILES string of the molecule is NCC(=O)N[C@@H](Cc1cnc[nH]1)C(=O)N[C@@H](Cc1ccccc1)C(=O)O. The Balaban J connectivity index is 2.08. The van der Waals surface area contributed by atoms with Crippen LogP contribution in [0.4, 0.5) is 0 Å². The number of aliphatic carboxylic acids is 1. The van der Waals surface area contributed by atoms with Gasteiger partial charge in [-0.1, -0.05) is 30.3 Å². The van der Waals surface area contributed by atoms with Gasteiger partial charge in [-0.2, -0.15) is 0 Å². The molecule has 0 unspecified atom stereocenters. The summed E-state index contributed by atoms with van der Waals surface area (Å²) in [7, 11) is 0. The molecule has 2 atom stereocenters. The largest absolute Gasteiger partial charge is 0.480 e. The third-order valence-corrected chi connectivity index (χ3v) is 3.71. The quantitative estimate of drug-likeness (QED) is 0.396. The molecule has 0 bridgehead atoms. The molecule has 138 valence electrons. The highest BCUT2D eigenvalue weighted by atomic mass is 16.4. The van der Waals surface area contributed by atoms with Gasteiger partial charge in [0.05, 0.1) is 12.9 Å². The average molecular weight is 359 g/mol. The topological polar surface area (TPSA) is 150 Å². The molecule has 0 aliphatic heterocycles. The van der Waals surface area contributed by atoms with Crippen molar-refractivity contribution in [3.05, 3.63) is 54.1 Å². The normalized spacial score (nSPS) is 12.8. The maximum absolute atomic E-state index is 12.6. The fourth-order valence-corrected chi connectivity index (χ4v) is 2.40. The number of H-pyrrole nitrogens is 1. The number of imidazole rings is 1. The second-order valence-electron chi connectivity index (χ2n) is 5.69. The van der Waals surface area contributed by atoms with Crippen LogP contribution in [0.1, 0.15) is 11.3 Å². The molecule has 0 fully saturated rings. The van der Waals surface area contributed by atoms with E-state index in [9.17, 15) is 19.5 Å². The smallest absolute Gasteiger partial charge is 0.326 e. The fraction of sp³-hybridized carbons (Fsp3) is 0.294. The van der Waals surface area contributed by atoms with Crippen molar-refractivity contribution >= 4 is 17.8 Å². The van der Waals surface area contributed by atoms with Gasteiger partial charge in [0.1, 0.15) is 12.1 Å². The van der Waals surface area contributed by atoms with Gasteiger partial charge in [-0.15, -0.1) is 0 Å². The number of amides is 2. The zero-order chi connectivity index (χ0) is 18.9. The average Bonchev–Trinajstić information content (AvgIpc) is 3.14. The molecule has 1 heterocycles. The number of aromatic amines is 1. The molecule has 0 saturated heterocycles. The lowest BCUT2D eigenvalue weighted by molar-refractivity contribution is -0.142. The van der Waals surface area contributed by atoms with Gasteiger partial charge in [0, 0.05) is 24.7 Å². The van der Waals surface area contributed by atoms with Crippen molar-refractivity contribution in [2.75, 3.05) is 6.54 Å². The highest BCUT2D eigenvalue weighted by Crippen LogP contribution is 2.05. The fourth-order valence-electron chi connectivity index (χ4n) is 2.40. The molecule has 0 aliphatic carbocycles. The van der Waals surface area contributed by atoms with Gasteiger partial charge in [-0.05, 0) is 5.56 Å². The first kappa shape index (κ1) is 19.1. The van der Waals surface area contributed by atoms with Gasteiger partial charge in [0.2, 0.25) is 11.8 Å². The first-order valence-electron chi connectivity index (χ1n) is 8.03. The molecule has 2 rings (SSSR count). The molecule has 6 N–H and O–H groups in total. The molecule has 1 aromatic carbocycles. The third kappa shape index (κ3) is 5.71. The second kappa shape index (κ2) is 9.33. The summed E-state index contributed by atoms with van der Waals surface area (Å²) in [4.78, 5) is 42.4. The molecule has 2 aromatic rings. The Hall–Kier alpha value is -3.20. The number of nitrogens with zero attached hydrogens (tertiary/aromatic N) is 1. The second-order valence-corrected chi connectivity index (χ2v) is 5.69. The predicted molar refractivity (Wildman–Crippen MR) is 93.0 cm³/mol. The van der Waals surface area contributed by atoms with E-state index in [1.165, 1.54) is 12.5 Å². The zero-order valence-electron chi connectivity index (χ0n) is 14.0. The number of hydrogen-bond acceptors (Lipinski definition) is 5. The van der Waals surface area contributed by atoms with Gasteiger partial charge in [0.15, 0.2) is 0 Å². The van der Waals surface area contributed by atoms with Crippen LogP contribution in [0.2, 0.25) is 0 Å². The molecule has 26 heavy (non-hydrogen) atoms. The molecule has 0 radical (unpaired) electrons. The van der Waals surface area contributed by atoms with Gasteiger partial charge >= 0.3 is 5.97 Å². The summed E-state index contributed by atoms with van der Waals surface area (Å²) in [6.45, 7) is -0.279. The predicted octanol–water partition coefficient (Wildman–Crippen LogP) is -0.792. The number of nitrogens with one attached hydrogen (secondary N) is 3. The van der Waals surface area contributed by atoms with Crippen molar-refractivity contribution in [1.82, 2.24) is 20.6 Å². The molecule has 2 amide bonds. The van der Waals surface area contributed by atoms with Gasteiger partial charge in [0.25, 0.3) is 0 Å². The number of carbonyl (C=O) groups is 3. The van der Waals surface area contributed by atoms with Crippen molar-refractivity contribution in [1.29, 1.82) is 0 Å².